The van der Waals surface area contributed by atoms with Gasteiger partial charge in [0.1, 0.15) is 5.82 Å². The second-order valence-electron chi connectivity index (χ2n) is 3.99. The van der Waals surface area contributed by atoms with Crippen molar-refractivity contribution in [3.8, 4) is 11.3 Å². The summed E-state index contributed by atoms with van der Waals surface area (Å²) in [6.07, 6.45) is 1.77. The van der Waals surface area contributed by atoms with E-state index in [0.29, 0.717) is 0 Å². The lowest BCUT2D eigenvalue weighted by molar-refractivity contribution is 0.239. The van der Waals surface area contributed by atoms with Gasteiger partial charge in [-0.05, 0) is 12.5 Å². The number of aromatic amines is 1. The van der Waals surface area contributed by atoms with Gasteiger partial charge in [0.2, 0.25) is 0 Å². The fraction of sp³-hybridized carbons (Fsp3) is 0.231. The Labute approximate surface area is 106 Å². The Balaban J connectivity index is 2.13. The third-order valence-electron chi connectivity index (χ3n) is 2.67. The topological polar surface area (TPSA) is 69.8 Å². The molecule has 2 rings (SSSR count). The summed E-state index contributed by atoms with van der Waals surface area (Å²) in [5.74, 6) is 0.734. The van der Waals surface area contributed by atoms with Crippen LogP contribution in [-0.2, 0) is 0 Å². The van der Waals surface area contributed by atoms with Crippen LogP contribution in [0.25, 0.3) is 11.3 Å². The molecule has 2 aromatic rings. The van der Waals surface area contributed by atoms with Crippen molar-refractivity contribution in [2.45, 2.75) is 13.0 Å². The molecule has 0 aliphatic rings. The number of H-pyrrole nitrogens is 1. The molecule has 1 aromatic carbocycles. The summed E-state index contributed by atoms with van der Waals surface area (Å²) in [5, 5.41) is 5.28. The van der Waals surface area contributed by atoms with Crippen LogP contribution in [-0.4, -0.2) is 23.0 Å². The van der Waals surface area contributed by atoms with Gasteiger partial charge in [0.05, 0.1) is 17.9 Å². The molecular weight excluding hydrogens is 228 g/mol. The molecule has 1 heterocycles. The maximum Gasteiger partial charge on any atom is 0.315 e. The fourth-order valence-corrected chi connectivity index (χ4v) is 1.66. The molecule has 0 spiro atoms. The summed E-state index contributed by atoms with van der Waals surface area (Å²) >= 11 is 0. The highest BCUT2D eigenvalue weighted by molar-refractivity contribution is 5.73. The Morgan fingerprint density at radius 2 is 2.06 bits per heavy atom. The first-order chi connectivity index (χ1) is 8.70. The first-order valence-corrected chi connectivity index (χ1v) is 5.79. The molecule has 3 N–H and O–H groups in total. The number of amides is 2. The number of urea groups is 1. The normalized spacial score (nSPS) is 11.9. The fourth-order valence-electron chi connectivity index (χ4n) is 1.66. The zero-order valence-electron chi connectivity index (χ0n) is 10.4. The lowest BCUT2D eigenvalue weighted by atomic mass is 10.2. The Morgan fingerprint density at radius 3 is 2.72 bits per heavy atom. The smallest absolute Gasteiger partial charge is 0.315 e. The summed E-state index contributed by atoms with van der Waals surface area (Å²) in [4.78, 5) is 18.7. The van der Waals surface area contributed by atoms with Crippen LogP contribution in [0.15, 0.2) is 36.5 Å². The third-order valence-corrected chi connectivity index (χ3v) is 2.67. The second-order valence-corrected chi connectivity index (χ2v) is 3.99. The van der Waals surface area contributed by atoms with Crippen LogP contribution in [0.5, 0.6) is 0 Å². The van der Waals surface area contributed by atoms with E-state index in [1.165, 1.54) is 0 Å². The molecule has 0 aliphatic carbocycles. The molecule has 0 saturated heterocycles. The number of rotatable bonds is 3. The van der Waals surface area contributed by atoms with Crippen molar-refractivity contribution in [3.05, 3.63) is 42.4 Å². The summed E-state index contributed by atoms with van der Waals surface area (Å²) in [7, 11) is 1.58. The first-order valence-electron chi connectivity index (χ1n) is 5.79. The Morgan fingerprint density at radius 1 is 1.33 bits per heavy atom. The molecular formula is C13H16N4O. The molecule has 0 bridgehead atoms. The summed E-state index contributed by atoms with van der Waals surface area (Å²) < 4.78 is 0. The largest absolute Gasteiger partial charge is 0.341 e. The van der Waals surface area contributed by atoms with Crippen molar-refractivity contribution in [3.63, 3.8) is 0 Å². The minimum absolute atomic E-state index is 0.164. The molecule has 2 amide bonds. The predicted molar refractivity (Wildman–Crippen MR) is 70.0 cm³/mol. The summed E-state index contributed by atoms with van der Waals surface area (Å²) in [5.41, 5.74) is 2.01. The maximum atomic E-state index is 11.2. The van der Waals surface area contributed by atoms with Gasteiger partial charge in [0.15, 0.2) is 0 Å². The first kappa shape index (κ1) is 12.2. The van der Waals surface area contributed by atoms with Gasteiger partial charge in [0.25, 0.3) is 0 Å². The highest BCUT2D eigenvalue weighted by atomic mass is 16.2. The molecule has 0 saturated carbocycles. The van der Waals surface area contributed by atoms with E-state index in [0.717, 1.165) is 17.1 Å². The van der Waals surface area contributed by atoms with E-state index in [4.69, 9.17) is 0 Å². The molecule has 0 aliphatic heterocycles. The van der Waals surface area contributed by atoms with Crippen LogP contribution >= 0.6 is 0 Å². The lowest BCUT2D eigenvalue weighted by Crippen LogP contribution is -2.34. The number of hydrogen-bond acceptors (Lipinski definition) is 2. The minimum Gasteiger partial charge on any atom is -0.341 e. The summed E-state index contributed by atoms with van der Waals surface area (Å²) in [6, 6.07) is 9.55. The number of hydrogen-bond donors (Lipinski definition) is 3. The molecule has 94 valence electrons. The number of aromatic nitrogens is 2. The van der Waals surface area contributed by atoms with E-state index >= 15 is 0 Å². The second kappa shape index (κ2) is 5.35. The van der Waals surface area contributed by atoms with Crippen molar-refractivity contribution in [2.24, 2.45) is 0 Å². The van der Waals surface area contributed by atoms with Gasteiger partial charge in [-0.15, -0.1) is 0 Å². The van der Waals surface area contributed by atoms with Crippen molar-refractivity contribution in [1.82, 2.24) is 20.6 Å². The third kappa shape index (κ3) is 2.68. The van der Waals surface area contributed by atoms with Gasteiger partial charge >= 0.3 is 6.03 Å². The minimum atomic E-state index is -0.222. The van der Waals surface area contributed by atoms with Crippen LogP contribution in [0, 0.1) is 0 Å². The van der Waals surface area contributed by atoms with Crippen molar-refractivity contribution in [1.29, 1.82) is 0 Å². The highest BCUT2D eigenvalue weighted by Gasteiger charge is 2.12. The van der Waals surface area contributed by atoms with Crippen LogP contribution in [0.4, 0.5) is 4.79 Å². The van der Waals surface area contributed by atoms with Crippen molar-refractivity contribution >= 4 is 6.03 Å². The van der Waals surface area contributed by atoms with E-state index < -0.39 is 0 Å². The summed E-state index contributed by atoms with van der Waals surface area (Å²) in [6.45, 7) is 1.88. The van der Waals surface area contributed by atoms with Gasteiger partial charge < -0.3 is 15.6 Å². The maximum absolute atomic E-state index is 11.2. The Hall–Kier alpha value is -2.30. The molecule has 0 fully saturated rings. The van der Waals surface area contributed by atoms with Crippen LogP contribution < -0.4 is 10.6 Å². The van der Waals surface area contributed by atoms with Crippen LogP contribution in [0.2, 0.25) is 0 Å². The number of nitrogens with one attached hydrogen (secondary N) is 3. The van der Waals surface area contributed by atoms with E-state index in [9.17, 15) is 4.79 Å². The Bertz CT molecular complexity index is 521. The van der Waals surface area contributed by atoms with Crippen molar-refractivity contribution in [2.75, 3.05) is 7.05 Å². The highest BCUT2D eigenvalue weighted by Crippen LogP contribution is 2.18. The monoisotopic (exact) mass is 244 g/mol. The number of nitrogens with zero attached hydrogens (tertiary/aromatic N) is 1. The SMILES string of the molecule is CNC(=O)N[C@@H](C)c1ncc(-c2ccccc2)[nH]1. The average Bonchev–Trinajstić information content (AvgIpc) is 2.89. The standard InChI is InChI=1S/C13H16N4O/c1-9(16-13(18)14-2)12-15-8-11(17-12)10-6-4-3-5-7-10/h3-9H,1-2H3,(H,15,17)(H2,14,16,18)/t9-/m0/s1. The van der Waals surface area contributed by atoms with E-state index in [-0.39, 0.29) is 12.1 Å². The van der Waals surface area contributed by atoms with Gasteiger partial charge in [-0.1, -0.05) is 30.3 Å². The molecule has 0 unspecified atom stereocenters. The number of carbonyl (C=O) groups is 1. The molecule has 5 nitrogen and oxygen atoms in total. The van der Waals surface area contributed by atoms with Crippen molar-refractivity contribution < 1.29 is 4.79 Å². The quantitative estimate of drug-likeness (QED) is 0.773. The Kier molecular flexibility index (Phi) is 3.62. The van der Waals surface area contributed by atoms with E-state index in [2.05, 4.69) is 20.6 Å². The average molecular weight is 244 g/mol. The lowest BCUT2D eigenvalue weighted by Gasteiger charge is -2.10. The van der Waals surface area contributed by atoms with Crippen LogP contribution in [0.1, 0.15) is 18.8 Å². The van der Waals surface area contributed by atoms with E-state index in [1.54, 1.807) is 13.2 Å². The molecule has 5 heteroatoms. The number of carbonyl (C=O) groups excluding carboxylic acids is 1. The molecule has 1 aromatic heterocycles. The van der Waals surface area contributed by atoms with E-state index in [1.807, 2.05) is 37.3 Å². The van der Waals surface area contributed by atoms with Gasteiger partial charge in [0, 0.05) is 7.05 Å². The van der Waals surface area contributed by atoms with Gasteiger partial charge in [-0.25, -0.2) is 9.78 Å². The molecule has 18 heavy (non-hydrogen) atoms. The molecule has 1 atom stereocenters. The van der Waals surface area contributed by atoms with Gasteiger partial charge in [-0.2, -0.15) is 0 Å². The number of imidazole rings is 1. The predicted octanol–water partition coefficient (Wildman–Crippen LogP) is 2.07. The zero-order chi connectivity index (χ0) is 13.0. The van der Waals surface area contributed by atoms with Crippen LogP contribution in [0.3, 0.4) is 0 Å². The van der Waals surface area contributed by atoms with Gasteiger partial charge in [-0.3, -0.25) is 0 Å². The zero-order valence-corrected chi connectivity index (χ0v) is 10.4. The number of benzene rings is 1. The molecule has 0 radical (unpaired) electrons.